The summed E-state index contributed by atoms with van der Waals surface area (Å²) < 4.78 is 11.1. The lowest BCUT2D eigenvalue weighted by Gasteiger charge is -2.33. The van der Waals surface area contributed by atoms with E-state index in [4.69, 9.17) is 9.15 Å². The molecule has 2 aliphatic rings. The molecule has 3 heterocycles. The highest BCUT2D eigenvalue weighted by atomic mass is 16.5. The summed E-state index contributed by atoms with van der Waals surface area (Å²) in [6.45, 7) is 13.2. The number of nitrogens with zero attached hydrogens (tertiary/aromatic N) is 2. The van der Waals surface area contributed by atoms with Gasteiger partial charge < -0.3 is 14.1 Å². The summed E-state index contributed by atoms with van der Waals surface area (Å²) in [6.07, 6.45) is 0. The van der Waals surface area contributed by atoms with Crippen LogP contribution in [0.25, 0.3) is 0 Å². The van der Waals surface area contributed by atoms with Crippen LogP contribution in [0.3, 0.4) is 0 Å². The second-order valence-corrected chi connectivity index (χ2v) is 6.62. The first kappa shape index (κ1) is 15.6. The van der Waals surface area contributed by atoms with E-state index in [1.807, 2.05) is 25.7 Å². The summed E-state index contributed by atoms with van der Waals surface area (Å²) in [5.41, 5.74) is 1.73. The molecule has 0 aliphatic carbocycles. The Hall–Kier alpha value is -1.33. The van der Waals surface area contributed by atoms with Gasteiger partial charge in [-0.15, -0.1) is 0 Å². The number of morpholine rings is 1. The molecule has 2 atom stereocenters. The number of carbonyl (C=O) groups is 1. The van der Waals surface area contributed by atoms with Gasteiger partial charge in [0.1, 0.15) is 11.5 Å². The number of rotatable bonds is 2. The van der Waals surface area contributed by atoms with Crippen LogP contribution in [0.4, 0.5) is 0 Å². The number of carbonyl (C=O) groups excluding carboxylic acids is 1. The molecule has 2 fully saturated rings. The first-order valence-corrected chi connectivity index (χ1v) is 8.16. The lowest BCUT2D eigenvalue weighted by atomic mass is 10.0. The number of hydrogen-bond acceptors (Lipinski definition) is 4. The molecule has 0 N–H and O–H groups in total. The second kappa shape index (κ2) is 6.05. The van der Waals surface area contributed by atoms with E-state index in [0.29, 0.717) is 12.0 Å². The van der Waals surface area contributed by atoms with E-state index in [-0.39, 0.29) is 5.91 Å². The van der Waals surface area contributed by atoms with Gasteiger partial charge in [-0.05, 0) is 26.7 Å². The Bertz CT molecular complexity index is 560. The molecule has 0 bridgehead atoms. The van der Waals surface area contributed by atoms with Crippen molar-refractivity contribution in [3.05, 3.63) is 22.6 Å². The maximum absolute atomic E-state index is 12.9. The average Bonchev–Trinajstić information content (AvgIpc) is 3.00. The lowest BCUT2D eigenvalue weighted by molar-refractivity contribution is 0.0119. The van der Waals surface area contributed by atoms with Crippen LogP contribution >= 0.6 is 0 Å². The zero-order chi connectivity index (χ0) is 15.9. The minimum atomic E-state index is 0.120. The predicted molar refractivity (Wildman–Crippen MR) is 84.2 cm³/mol. The van der Waals surface area contributed by atoms with E-state index < -0.39 is 0 Å². The van der Waals surface area contributed by atoms with Crippen molar-refractivity contribution >= 4 is 5.91 Å². The van der Waals surface area contributed by atoms with E-state index in [1.165, 1.54) is 0 Å². The van der Waals surface area contributed by atoms with E-state index >= 15 is 0 Å². The minimum absolute atomic E-state index is 0.120. The molecular formula is C17H26N2O3. The Morgan fingerprint density at radius 2 is 1.77 bits per heavy atom. The highest BCUT2D eigenvalue weighted by Gasteiger charge is 2.38. The van der Waals surface area contributed by atoms with Gasteiger partial charge >= 0.3 is 0 Å². The molecule has 5 heteroatoms. The van der Waals surface area contributed by atoms with Crippen LogP contribution in [0.15, 0.2) is 4.42 Å². The molecule has 0 radical (unpaired) electrons. The van der Waals surface area contributed by atoms with Crippen molar-refractivity contribution in [3.63, 3.8) is 0 Å². The normalized spacial score (nSPS) is 26.6. The van der Waals surface area contributed by atoms with Crippen molar-refractivity contribution in [2.45, 2.75) is 33.7 Å². The lowest BCUT2D eigenvalue weighted by Crippen LogP contribution is -2.47. The molecule has 0 unspecified atom stereocenters. The quantitative estimate of drug-likeness (QED) is 0.838. The van der Waals surface area contributed by atoms with E-state index in [2.05, 4.69) is 11.8 Å². The Kier molecular flexibility index (Phi) is 4.28. The van der Waals surface area contributed by atoms with Gasteiger partial charge in [-0.1, -0.05) is 6.92 Å². The van der Waals surface area contributed by atoms with Crippen molar-refractivity contribution < 1.29 is 13.9 Å². The molecule has 22 heavy (non-hydrogen) atoms. The molecule has 0 saturated carbocycles. The fourth-order valence-corrected chi connectivity index (χ4v) is 3.77. The second-order valence-electron chi connectivity index (χ2n) is 6.62. The van der Waals surface area contributed by atoms with Gasteiger partial charge in [0.2, 0.25) is 0 Å². The summed E-state index contributed by atoms with van der Waals surface area (Å²) in [4.78, 5) is 17.4. The maximum Gasteiger partial charge on any atom is 0.257 e. The van der Waals surface area contributed by atoms with Crippen LogP contribution in [0.5, 0.6) is 0 Å². The van der Waals surface area contributed by atoms with Crippen molar-refractivity contribution in [1.82, 2.24) is 9.80 Å². The molecule has 1 aromatic rings. The molecule has 3 rings (SSSR count). The smallest absolute Gasteiger partial charge is 0.257 e. The van der Waals surface area contributed by atoms with Crippen LogP contribution in [0.2, 0.25) is 0 Å². The summed E-state index contributed by atoms with van der Waals surface area (Å²) in [5.74, 6) is 2.20. The van der Waals surface area contributed by atoms with Gasteiger partial charge in [0, 0.05) is 37.8 Å². The van der Waals surface area contributed by atoms with Gasteiger partial charge in [-0.3, -0.25) is 9.69 Å². The summed E-state index contributed by atoms with van der Waals surface area (Å²) >= 11 is 0. The van der Waals surface area contributed by atoms with Crippen LogP contribution < -0.4 is 0 Å². The Morgan fingerprint density at radius 3 is 2.36 bits per heavy atom. The number of furan rings is 1. The third-order valence-electron chi connectivity index (χ3n) is 5.15. The van der Waals surface area contributed by atoms with Gasteiger partial charge in [-0.2, -0.15) is 0 Å². The topological polar surface area (TPSA) is 45.9 Å². The third-order valence-corrected chi connectivity index (χ3v) is 5.15. The SMILES string of the molecule is Cc1oc(C)c(C(=O)N2C[C@@H](C)[C@H](N3CCOCC3)C2)c1C. The van der Waals surface area contributed by atoms with Crippen molar-refractivity contribution in [2.75, 3.05) is 39.4 Å². The number of likely N-dealkylation sites (tertiary alicyclic amines) is 1. The summed E-state index contributed by atoms with van der Waals surface area (Å²) in [6, 6.07) is 0.446. The summed E-state index contributed by atoms with van der Waals surface area (Å²) in [7, 11) is 0. The molecule has 122 valence electrons. The largest absolute Gasteiger partial charge is 0.466 e. The Morgan fingerprint density at radius 1 is 1.09 bits per heavy atom. The molecule has 1 aromatic heterocycles. The average molecular weight is 306 g/mol. The first-order valence-electron chi connectivity index (χ1n) is 8.16. The van der Waals surface area contributed by atoms with E-state index in [9.17, 15) is 4.79 Å². The molecule has 0 spiro atoms. The number of amides is 1. The monoisotopic (exact) mass is 306 g/mol. The van der Waals surface area contributed by atoms with Crippen LogP contribution in [-0.4, -0.2) is 61.1 Å². The summed E-state index contributed by atoms with van der Waals surface area (Å²) in [5, 5.41) is 0. The van der Waals surface area contributed by atoms with Crippen LogP contribution in [-0.2, 0) is 4.74 Å². The maximum atomic E-state index is 12.9. The highest BCUT2D eigenvalue weighted by molar-refractivity contribution is 5.97. The van der Waals surface area contributed by atoms with Gasteiger partial charge in [0.05, 0.1) is 18.8 Å². The molecule has 1 amide bonds. The Balaban J connectivity index is 1.74. The number of ether oxygens (including phenoxy) is 1. The van der Waals surface area contributed by atoms with Crippen LogP contribution in [0.1, 0.15) is 34.4 Å². The number of hydrogen-bond donors (Lipinski definition) is 0. The molecule has 5 nitrogen and oxygen atoms in total. The third kappa shape index (κ3) is 2.68. The molecule has 0 aromatic carbocycles. The number of aryl methyl sites for hydroxylation is 2. The van der Waals surface area contributed by atoms with Crippen LogP contribution in [0, 0.1) is 26.7 Å². The standard InChI is InChI=1S/C17H26N2O3/c1-11-9-19(10-15(11)18-5-7-21-8-6-18)17(20)16-12(2)13(3)22-14(16)4/h11,15H,5-10H2,1-4H3/t11-,15-/m1/s1. The fourth-order valence-electron chi connectivity index (χ4n) is 3.77. The van der Waals surface area contributed by atoms with Gasteiger partial charge in [0.15, 0.2) is 0 Å². The zero-order valence-corrected chi connectivity index (χ0v) is 14.0. The first-order chi connectivity index (χ1) is 10.5. The molecule has 2 saturated heterocycles. The van der Waals surface area contributed by atoms with Crippen molar-refractivity contribution in [3.8, 4) is 0 Å². The van der Waals surface area contributed by atoms with Gasteiger partial charge in [-0.25, -0.2) is 0 Å². The van der Waals surface area contributed by atoms with Crippen molar-refractivity contribution in [1.29, 1.82) is 0 Å². The van der Waals surface area contributed by atoms with Crippen molar-refractivity contribution in [2.24, 2.45) is 5.92 Å². The molecular weight excluding hydrogens is 280 g/mol. The zero-order valence-electron chi connectivity index (χ0n) is 14.0. The highest BCUT2D eigenvalue weighted by Crippen LogP contribution is 2.27. The van der Waals surface area contributed by atoms with Gasteiger partial charge in [0.25, 0.3) is 5.91 Å². The van der Waals surface area contributed by atoms with E-state index in [0.717, 1.165) is 62.0 Å². The minimum Gasteiger partial charge on any atom is -0.466 e. The molecule has 2 aliphatic heterocycles. The predicted octanol–water partition coefficient (Wildman–Crippen LogP) is 2.00. The Labute approximate surface area is 132 Å². The fraction of sp³-hybridized carbons (Fsp3) is 0.706. The van der Waals surface area contributed by atoms with E-state index in [1.54, 1.807) is 0 Å².